The molecule has 1 N–H and O–H groups in total. The first-order valence-corrected chi connectivity index (χ1v) is 7.91. The van der Waals surface area contributed by atoms with Gasteiger partial charge in [-0.1, -0.05) is 0 Å². The zero-order valence-corrected chi connectivity index (χ0v) is 12.0. The molecule has 0 fully saturated rings. The maximum absolute atomic E-state index is 11.7. The van der Waals surface area contributed by atoms with Crippen LogP contribution < -0.4 is 0 Å². The van der Waals surface area contributed by atoms with Crippen LogP contribution in [-0.2, 0) is 14.6 Å². The van der Waals surface area contributed by atoms with Crippen molar-refractivity contribution >= 4 is 21.6 Å². The Morgan fingerprint density at radius 1 is 1.14 bits per heavy atom. The third-order valence-corrected chi connectivity index (χ3v) is 3.88. The summed E-state index contributed by atoms with van der Waals surface area (Å²) in [5, 5.41) is 0. The summed E-state index contributed by atoms with van der Waals surface area (Å²) in [5.41, 5.74) is 0.539. The average Bonchev–Trinajstić information content (AvgIpc) is 2.98. The molecule has 21 heavy (non-hydrogen) atoms. The molecule has 2 rings (SSSR count). The molecule has 7 heteroatoms. The quantitative estimate of drug-likeness (QED) is 0.666. The van der Waals surface area contributed by atoms with Gasteiger partial charge in [0.05, 0.1) is 16.2 Å². The lowest BCUT2D eigenvalue weighted by atomic mass is 10.2. The van der Waals surface area contributed by atoms with Gasteiger partial charge < -0.3 is 9.72 Å². The number of sulfone groups is 1. The normalized spacial score (nSPS) is 11.1. The first-order valence-electron chi connectivity index (χ1n) is 6.02. The number of hydrogen-bond acceptors (Lipinski definition) is 5. The summed E-state index contributed by atoms with van der Waals surface area (Å²) in [5.74, 6) is -1.03. The smallest absolute Gasteiger partial charge is 0.338 e. The number of H-pyrrole nitrogens is 1. The molecule has 6 nitrogen and oxygen atoms in total. The number of Topliss-reactive ketones (excluding diaryl/α,β-unsaturated/α-hetero) is 1. The van der Waals surface area contributed by atoms with E-state index in [-0.39, 0.29) is 22.8 Å². The fourth-order valence-electron chi connectivity index (χ4n) is 1.63. The molecule has 1 aromatic carbocycles. The zero-order chi connectivity index (χ0) is 15.5. The molecule has 1 aromatic heterocycles. The standard InChI is InChI=1S/C14H13NO5S/c1-21(18,19)11-6-4-10(5-7-11)14(17)20-9-13(16)12-3-2-8-15-12/h2-8,15H,9H2,1H3. The number of aromatic amines is 1. The van der Waals surface area contributed by atoms with Crippen LogP contribution in [0.25, 0.3) is 0 Å². The number of ketones is 1. The third-order valence-electron chi connectivity index (χ3n) is 2.75. The van der Waals surface area contributed by atoms with Crippen molar-refractivity contribution in [3.63, 3.8) is 0 Å². The highest BCUT2D eigenvalue weighted by Crippen LogP contribution is 2.11. The number of ether oxygens (including phenoxy) is 1. The minimum Gasteiger partial charge on any atom is -0.454 e. The molecule has 1 heterocycles. The van der Waals surface area contributed by atoms with E-state index in [1.807, 2.05) is 0 Å². The first kappa shape index (κ1) is 15.0. The number of carbonyl (C=O) groups excluding carboxylic acids is 2. The number of nitrogens with one attached hydrogen (secondary N) is 1. The molecule has 0 unspecified atom stereocenters. The minimum atomic E-state index is -3.31. The van der Waals surface area contributed by atoms with E-state index in [1.54, 1.807) is 18.3 Å². The summed E-state index contributed by atoms with van der Waals surface area (Å²) in [6, 6.07) is 8.57. The second-order valence-corrected chi connectivity index (χ2v) is 6.40. The Morgan fingerprint density at radius 2 is 1.81 bits per heavy atom. The highest BCUT2D eigenvalue weighted by Gasteiger charge is 2.13. The lowest BCUT2D eigenvalue weighted by Crippen LogP contribution is -2.14. The Kier molecular flexibility index (Phi) is 4.23. The SMILES string of the molecule is CS(=O)(=O)c1ccc(C(=O)OCC(=O)c2ccc[nH]2)cc1. The Morgan fingerprint density at radius 3 is 2.33 bits per heavy atom. The largest absolute Gasteiger partial charge is 0.454 e. The van der Waals surface area contributed by atoms with E-state index in [0.717, 1.165) is 6.26 Å². The van der Waals surface area contributed by atoms with E-state index in [0.29, 0.717) is 5.69 Å². The van der Waals surface area contributed by atoms with Gasteiger partial charge in [0.2, 0.25) is 5.78 Å². The van der Waals surface area contributed by atoms with Crippen LogP contribution in [0, 0.1) is 0 Å². The van der Waals surface area contributed by atoms with E-state index >= 15 is 0 Å². The Hall–Kier alpha value is -2.41. The summed E-state index contributed by atoms with van der Waals surface area (Å²) >= 11 is 0. The van der Waals surface area contributed by atoms with Gasteiger partial charge in [-0.3, -0.25) is 4.79 Å². The van der Waals surface area contributed by atoms with Crippen LogP contribution in [0.4, 0.5) is 0 Å². The van der Waals surface area contributed by atoms with Gasteiger partial charge in [0.1, 0.15) is 0 Å². The number of rotatable bonds is 5. The van der Waals surface area contributed by atoms with Gasteiger partial charge in [0.25, 0.3) is 0 Å². The maximum Gasteiger partial charge on any atom is 0.338 e. The molecule has 0 saturated heterocycles. The summed E-state index contributed by atoms with van der Waals surface area (Å²) < 4.78 is 27.5. The van der Waals surface area contributed by atoms with Crippen molar-refractivity contribution in [3.05, 3.63) is 53.9 Å². The maximum atomic E-state index is 11.7. The van der Waals surface area contributed by atoms with Gasteiger partial charge in [0, 0.05) is 12.5 Å². The van der Waals surface area contributed by atoms with Gasteiger partial charge in [-0.25, -0.2) is 13.2 Å². The van der Waals surface area contributed by atoms with Crippen molar-refractivity contribution < 1.29 is 22.7 Å². The third kappa shape index (κ3) is 3.79. The predicted molar refractivity (Wildman–Crippen MR) is 75.0 cm³/mol. The van der Waals surface area contributed by atoms with Gasteiger partial charge in [0.15, 0.2) is 16.4 Å². The van der Waals surface area contributed by atoms with E-state index in [4.69, 9.17) is 4.74 Å². The van der Waals surface area contributed by atoms with Gasteiger partial charge >= 0.3 is 5.97 Å². The number of aromatic nitrogens is 1. The molecule has 2 aromatic rings. The minimum absolute atomic E-state index is 0.113. The van der Waals surface area contributed by atoms with Crippen molar-refractivity contribution in [2.24, 2.45) is 0 Å². The fourth-order valence-corrected chi connectivity index (χ4v) is 2.26. The van der Waals surface area contributed by atoms with Crippen molar-refractivity contribution in [3.8, 4) is 0 Å². The summed E-state index contributed by atoms with van der Waals surface area (Å²) in [6.07, 6.45) is 2.67. The van der Waals surface area contributed by atoms with Crippen molar-refractivity contribution in [1.82, 2.24) is 4.98 Å². The van der Waals surface area contributed by atoms with Crippen molar-refractivity contribution in [2.75, 3.05) is 12.9 Å². The Balaban J connectivity index is 1.99. The fraction of sp³-hybridized carbons (Fsp3) is 0.143. The molecule has 0 radical (unpaired) electrons. The topological polar surface area (TPSA) is 93.3 Å². The molecule has 0 bridgehead atoms. The van der Waals surface area contributed by atoms with Crippen LogP contribution in [0.1, 0.15) is 20.8 Å². The average molecular weight is 307 g/mol. The highest BCUT2D eigenvalue weighted by atomic mass is 32.2. The lowest BCUT2D eigenvalue weighted by Gasteiger charge is -2.04. The number of benzene rings is 1. The van der Waals surface area contributed by atoms with Gasteiger partial charge in [-0.2, -0.15) is 0 Å². The van der Waals surface area contributed by atoms with E-state index in [1.165, 1.54) is 24.3 Å². The number of esters is 1. The summed E-state index contributed by atoms with van der Waals surface area (Å²) in [7, 11) is -3.31. The summed E-state index contributed by atoms with van der Waals surface area (Å²) in [6.45, 7) is -0.382. The van der Waals surface area contributed by atoms with Crippen LogP contribution in [0.15, 0.2) is 47.5 Å². The second-order valence-electron chi connectivity index (χ2n) is 4.38. The molecular formula is C14H13NO5S. The molecule has 0 spiro atoms. The second kappa shape index (κ2) is 5.92. The van der Waals surface area contributed by atoms with E-state index in [9.17, 15) is 18.0 Å². The summed E-state index contributed by atoms with van der Waals surface area (Å²) in [4.78, 5) is 26.2. The van der Waals surface area contributed by atoms with Crippen molar-refractivity contribution in [2.45, 2.75) is 4.90 Å². The monoisotopic (exact) mass is 307 g/mol. The lowest BCUT2D eigenvalue weighted by molar-refractivity contribution is 0.0473. The van der Waals surface area contributed by atoms with Crippen LogP contribution in [0.2, 0.25) is 0 Å². The van der Waals surface area contributed by atoms with E-state index < -0.39 is 15.8 Å². The van der Waals surface area contributed by atoms with Crippen LogP contribution >= 0.6 is 0 Å². The molecule has 0 saturated carbocycles. The number of carbonyl (C=O) groups is 2. The molecular weight excluding hydrogens is 294 g/mol. The molecule has 0 atom stereocenters. The van der Waals surface area contributed by atoms with Crippen molar-refractivity contribution in [1.29, 1.82) is 0 Å². The highest BCUT2D eigenvalue weighted by molar-refractivity contribution is 7.90. The molecule has 0 aliphatic heterocycles. The van der Waals surface area contributed by atoms with Crippen LogP contribution in [0.5, 0.6) is 0 Å². The molecule has 0 aliphatic rings. The Labute approximate surface area is 121 Å². The Bertz CT molecular complexity index is 745. The first-order chi connectivity index (χ1) is 9.88. The van der Waals surface area contributed by atoms with Gasteiger partial charge in [-0.05, 0) is 36.4 Å². The predicted octanol–water partition coefficient (Wildman–Crippen LogP) is 1.46. The van der Waals surface area contributed by atoms with Gasteiger partial charge in [-0.15, -0.1) is 0 Å². The molecule has 0 amide bonds. The van der Waals surface area contributed by atoms with Crippen LogP contribution in [-0.4, -0.2) is 38.0 Å². The molecule has 0 aliphatic carbocycles. The molecule has 110 valence electrons. The zero-order valence-electron chi connectivity index (χ0n) is 11.2. The number of hydrogen-bond donors (Lipinski definition) is 1. The van der Waals surface area contributed by atoms with Crippen LogP contribution in [0.3, 0.4) is 0 Å². The van der Waals surface area contributed by atoms with E-state index in [2.05, 4.69) is 4.98 Å².